The summed E-state index contributed by atoms with van der Waals surface area (Å²) in [5.74, 6) is -0.0507. The van der Waals surface area contributed by atoms with Gasteiger partial charge in [-0.25, -0.2) is 0 Å². The van der Waals surface area contributed by atoms with Crippen LogP contribution in [0.5, 0.6) is 0 Å². The maximum absolute atomic E-state index is 13.2. The van der Waals surface area contributed by atoms with Gasteiger partial charge in [0.05, 0.1) is 6.26 Å². The van der Waals surface area contributed by atoms with Gasteiger partial charge in [0.25, 0.3) is 5.91 Å². The van der Waals surface area contributed by atoms with Gasteiger partial charge in [0.1, 0.15) is 0 Å². The summed E-state index contributed by atoms with van der Waals surface area (Å²) < 4.78 is 5.37. The fourth-order valence-corrected chi connectivity index (χ4v) is 3.28. The highest BCUT2D eigenvalue weighted by atomic mass is 16.3. The third-order valence-corrected chi connectivity index (χ3v) is 4.95. The second kappa shape index (κ2) is 9.98. The summed E-state index contributed by atoms with van der Waals surface area (Å²) in [6.07, 6.45) is 1.50. The molecular formula is C25H29N3O3. The van der Waals surface area contributed by atoms with Gasteiger partial charge in [0.15, 0.2) is 5.76 Å². The van der Waals surface area contributed by atoms with Gasteiger partial charge in [0.2, 0.25) is 5.91 Å². The van der Waals surface area contributed by atoms with Crippen LogP contribution in [0.4, 0.5) is 11.4 Å². The number of anilines is 2. The number of carbonyl (C=O) groups is 2. The normalized spacial score (nSPS) is 10.7. The lowest BCUT2D eigenvalue weighted by atomic mass is 10.1. The Hall–Kier alpha value is -3.54. The predicted molar refractivity (Wildman–Crippen MR) is 123 cm³/mol. The molecule has 0 radical (unpaired) electrons. The number of rotatable bonds is 8. The quantitative estimate of drug-likeness (QED) is 0.570. The van der Waals surface area contributed by atoms with E-state index in [2.05, 4.69) is 5.32 Å². The van der Waals surface area contributed by atoms with Crippen molar-refractivity contribution in [2.75, 3.05) is 24.3 Å². The summed E-state index contributed by atoms with van der Waals surface area (Å²) in [7, 11) is 3.92. The topological polar surface area (TPSA) is 65.8 Å². The minimum atomic E-state index is -0.185. The molecule has 0 saturated heterocycles. The summed E-state index contributed by atoms with van der Waals surface area (Å²) >= 11 is 0. The lowest BCUT2D eigenvalue weighted by molar-refractivity contribution is -0.118. The van der Waals surface area contributed by atoms with E-state index >= 15 is 0 Å². The van der Waals surface area contributed by atoms with E-state index in [1.165, 1.54) is 6.26 Å². The highest BCUT2D eigenvalue weighted by Gasteiger charge is 2.21. The molecule has 2 amide bonds. The maximum atomic E-state index is 13.2. The second-order valence-electron chi connectivity index (χ2n) is 8.01. The van der Waals surface area contributed by atoms with Gasteiger partial charge < -0.3 is 19.5 Å². The third-order valence-electron chi connectivity index (χ3n) is 4.95. The number of benzene rings is 2. The zero-order valence-electron chi connectivity index (χ0n) is 18.5. The molecule has 162 valence electrons. The molecule has 3 rings (SSSR count). The first-order valence-electron chi connectivity index (χ1n) is 10.3. The van der Waals surface area contributed by atoms with E-state index in [4.69, 9.17) is 4.42 Å². The molecule has 0 bridgehead atoms. The van der Waals surface area contributed by atoms with Gasteiger partial charge in [-0.3, -0.25) is 9.59 Å². The molecule has 0 aliphatic heterocycles. The molecule has 0 spiro atoms. The van der Waals surface area contributed by atoms with Crippen molar-refractivity contribution in [3.05, 3.63) is 83.8 Å². The fourth-order valence-electron chi connectivity index (χ4n) is 3.28. The van der Waals surface area contributed by atoms with Crippen LogP contribution in [0.1, 0.15) is 35.5 Å². The Morgan fingerprint density at radius 2 is 1.71 bits per heavy atom. The summed E-state index contributed by atoms with van der Waals surface area (Å²) in [6, 6.07) is 19.0. The number of furan rings is 1. The molecule has 0 aliphatic rings. The Bertz CT molecular complexity index is 1010. The monoisotopic (exact) mass is 419 g/mol. The van der Waals surface area contributed by atoms with E-state index < -0.39 is 0 Å². The second-order valence-corrected chi connectivity index (χ2v) is 8.01. The Labute approximate surface area is 183 Å². The first-order valence-corrected chi connectivity index (χ1v) is 10.3. The van der Waals surface area contributed by atoms with Gasteiger partial charge in [-0.15, -0.1) is 0 Å². The summed E-state index contributed by atoms with van der Waals surface area (Å²) in [5.41, 5.74) is 3.65. The average Bonchev–Trinajstić information content (AvgIpc) is 3.28. The van der Waals surface area contributed by atoms with Crippen LogP contribution in [0.25, 0.3) is 0 Å². The average molecular weight is 420 g/mol. The van der Waals surface area contributed by atoms with Crippen LogP contribution in [0.3, 0.4) is 0 Å². The van der Waals surface area contributed by atoms with Crippen molar-refractivity contribution in [1.29, 1.82) is 0 Å². The first-order chi connectivity index (χ1) is 14.8. The summed E-state index contributed by atoms with van der Waals surface area (Å²) in [4.78, 5) is 29.1. The van der Waals surface area contributed by atoms with Crippen LogP contribution < -0.4 is 10.2 Å². The number of nitrogens with zero attached hydrogens (tertiary/aromatic N) is 2. The predicted octanol–water partition coefficient (Wildman–Crippen LogP) is 4.78. The molecular weight excluding hydrogens is 390 g/mol. The van der Waals surface area contributed by atoms with Crippen LogP contribution in [-0.4, -0.2) is 30.8 Å². The van der Waals surface area contributed by atoms with Crippen LogP contribution >= 0.6 is 0 Å². The van der Waals surface area contributed by atoms with Crippen molar-refractivity contribution in [3.8, 4) is 0 Å². The zero-order valence-corrected chi connectivity index (χ0v) is 18.5. The van der Waals surface area contributed by atoms with Crippen molar-refractivity contribution >= 4 is 23.2 Å². The van der Waals surface area contributed by atoms with Crippen LogP contribution in [0, 0.1) is 5.92 Å². The standard InChI is InChI=1S/C25H29N3O3/c1-18(2)24(29)26-21-12-13-22(27(3)4)20(15-21)17-28(16-19-9-6-5-7-10-19)25(30)23-11-8-14-31-23/h5-15,18H,16-17H2,1-4H3,(H,26,29). The maximum Gasteiger partial charge on any atom is 0.290 e. The number of nitrogens with one attached hydrogen (secondary N) is 1. The first kappa shape index (κ1) is 22.2. The van der Waals surface area contributed by atoms with Crippen LogP contribution in [0.2, 0.25) is 0 Å². The van der Waals surface area contributed by atoms with E-state index in [0.29, 0.717) is 24.5 Å². The van der Waals surface area contributed by atoms with Crippen molar-refractivity contribution < 1.29 is 14.0 Å². The minimum absolute atomic E-state index is 0.0450. The van der Waals surface area contributed by atoms with Crippen LogP contribution in [-0.2, 0) is 17.9 Å². The molecule has 6 heteroatoms. The number of hydrogen-bond acceptors (Lipinski definition) is 4. The van der Waals surface area contributed by atoms with E-state index in [-0.39, 0.29) is 17.7 Å². The Balaban J connectivity index is 1.94. The van der Waals surface area contributed by atoms with Crippen molar-refractivity contribution in [1.82, 2.24) is 4.90 Å². The lowest BCUT2D eigenvalue weighted by Crippen LogP contribution is -2.30. The van der Waals surface area contributed by atoms with Gasteiger partial charge in [-0.2, -0.15) is 0 Å². The Kier molecular flexibility index (Phi) is 7.13. The van der Waals surface area contributed by atoms with Gasteiger partial charge >= 0.3 is 0 Å². The molecule has 0 atom stereocenters. The summed E-state index contributed by atoms with van der Waals surface area (Å²) in [5, 5.41) is 2.95. The van der Waals surface area contributed by atoms with E-state index in [1.54, 1.807) is 17.0 Å². The van der Waals surface area contributed by atoms with Crippen molar-refractivity contribution in [3.63, 3.8) is 0 Å². The highest BCUT2D eigenvalue weighted by Crippen LogP contribution is 2.26. The van der Waals surface area contributed by atoms with Crippen molar-refractivity contribution in [2.24, 2.45) is 5.92 Å². The molecule has 3 aromatic rings. The third kappa shape index (κ3) is 5.75. The van der Waals surface area contributed by atoms with E-state index in [1.807, 2.05) is 81.4 Å². The smallest absolute Gasteiger partial charge is 0.290 e. The molecule has 1 N–H and O–H groups in total. The highest BCUT2D eigenvalue weighted by molar-refractivity contribution is 5.93. The van der Waals surface area contributed by atoms with E-state index in [9.17, 15) is 9.59 Å². The molecule has 0 fully saturated rings. The molecule has 6 nitrogen and oxygen atoms in total. The van der Waals surface area contributed by atoms with Crippen LogP contribution in [0.15, 0.2) is 71.3 Å². The largest absolute Gasteiger partial charge is 0.459 e. The Morgan fingerprint density at radius 1 is 0.968 bits per heavy atom. The lowest BCUT2D eigenvalue weighted by Gasteiger charge is -2.26. The fraction of sp³-hybridized carbons (Fsp3) is 0.280. The number of amides is 2. The zero-order chi connectivity index (χ0) is 22.4. The van der Waals surface area contributed by atoms with Gasteiger partial charge in [-0.05, 0) is 41.5 Å². The van der Waals surface area contributed by atoms with E-state index in [0.717, 1.165) is 16.8 Å². The Morgan fingerprint density at radius 3 is 2.32 bits per heavy atom. The SMILES string of the molecule is CC(C)C(=O)Nc1ccc(N(C)C)c(CN(Cc2ccccc2)C(=O)c2ccco2)c1. The summed E-state index contributed by atoms with van der Waals surface area (Å²) in [6.45, 7) is 4.52. The molecule has 0 aliphatic carbocycles. The molecule has 0 unspecified atom stereocenters. The molecule has 2 aromatic carbocycles. The molecule has 1 heterocycles. The minimum Gasteiger partial charge on any atom is -0.459 e. The molecule has 1 aromatic heterocycles. The molecule has 31 heavy (non-hydrogen) atoms. The van der Waals surface area contributed by atoms with Crippen molar-refractivity contribution in [2.45, 2.75) is 26.9 Å². The van der Waals surface area contributed by atoms with Gasteiger partial charge in [-0.1, -0.05) is 44.2 Å². The number of hydrogen-bond donors (Lipinski definition) is 1. The van der Waals surface area contributed by atoms with Gasteiger partial charge in [0, 0.05) is 44.5 Å². The number of carbonyl (C=O) groups excluding carboxylic acids is 2. The molecule has 0 saturated carbocycles.